The molecule has 252 valence electrons. The maximum absolute atomic E-state index is 11.6. The summed E-state index contributed by atoms with van der Waals surface area (Å²) < 4.78 is 0. The molecule has 0 atom stereocenters. The Labute approximate surface area is 275 Å². The molecule has 0 spiro atoms. The standard InChI is InChI=1S/C36H40N4O8/c1-17-21(5-9-33(41)42)29-14-27-19(3)23(7-11-35(45)46)31(39-27)16-32-24(8-12-36(47)48)20(4)28(40-32)15-30-22(6-10-34(43)44)18(2)26(38-30)13-25(17)37-29/h13-16,37-40H,5-12H2,1-4H3,(H,41,42)(H,43,44)(H,45,46)(H,47,48). The van der Waals surface area contributed by atoms with Gasteiger partial charge in [-0.25, -0.2) is 0 Å². The van der Waals surface area contributed by atoms with Crippen LogP contribution >= 0.6 is 0 Å². The van der Waals surface area contributed by atoms with Crippen LogP contribution in [0.25, 0.3) is 24.3 Å². The van der Waals surface area contributed by atoms with E-state index in [1.54, 1.807) is 0 Å². The van der Waals surface area contributed by atoms with Crippen LogP contribution in [0.5, 0.6) is 0 Å². The van der Waals surface area contributed by atoms with E-state index in [4.69, 9.17) is 0 Å². The molecular formula is C36H40N4O8. The van der Waals surface area contributed by atoms with Crippen LogP contribution in [-0.4, -0.2) is 64.2 Å². The summed E-state index contributed by atoms with van der Waals surface area (Å²) in [6.45, 7) is 7.70. The number of fused-ring (bicyclic) bond motifs is 8. The number of hydrogen-bond acceptors (Lipinski definition) is 4. The highest BCUT2D eigenvalue weighted by atomic mass is 16.4. The first-order chi connectivity index (χ1) is 22.7. The summed E-state index contributed by atoms with van der Waals surface area (Å²) in [5.41, 5.74) is 9.64. The average Bonchev–Trinajstić information content (AvgIpc) is 3.66. The van der Waals surface area contributed by atoms with Crippen molar-refractivity contribution in [2.24, 2.45) is 0 Å². The van der Waals surface area contributed by atoms with Crippen molar-refractivity contribution < 1.29 is 39.6 Å². The quantitative estimate of drug-likeness (QED) is 0.0992. The minimum Gasteiger partial charge on any atom is -0.481 e. The molecule has 0 unspecified atom stereocenters. The molecule has 0 aliphatic carbocycles. The van der Waals surface area contributed by atoms with Crippen LogP contribution in [-0.2, 0) is 44.9 Å². The van der Waals surface area contributed by atoms with Crippen LogP contribution in [0.3, 0.4) is 0 Å². The molecule has 48 heavy (non-hydrogen) atoms. The van der Waals surface area contributed by atoms with Gasteiger partial charge in [0.2, 0.25) is 0 Å². The van der Waals surface area contributed by atoms with Crippen molar-refractivity contribution in [2.75, 3.05) is 0 Å². The van der Waals surface area contributed by atoms with E-state index in [1.807, 2.05) is 52.0 Å². The molecule has 4 aromatic heterocycles. The fourth-order valence-corrected chi connectivity index (χ4v) is 6.58. The molecule has 5 heterocycles. The molecule has 0 fully saturated rings. The average molecular weight is 657 g/mol. The summed E-state index contributed by atoms with van der Waals surface area (Å²) in [5.74, 6) is -3.71. The lowest BCUT2D eigenvalue weighted by molar-refractivity contribution is -0.138. The number of nitrogens with one attached hydrogen (secondary N) is 4. The van der Waals surface area contributed by atoms with E-state index in [-0.39, 0.29) is 51.4 Å². The fourth-order valence-electron chi connectivity index (χ4n) is 6.58. The summed E-state index contributed by atoms with van der Waals surface area (Å²) >= 11 is 0. The summed E-state index contributed by atoms with van der Waals surface area (Å²) in [5, 5.41) is 41.0. The van der Waals surface area contributed by atoms with Crippen LogP contribution in [0, 0.1) is 27.7 Å². The van der Waals surface area contributed by atoms with Crippen LogP contribution in [0.4, 0.5) is 0 Å². The summed E-state index contributed by atoms with van der Waals surface area (Å²) in [6.07, 6.45) is 8.42. The molecule has 12 heteroatoms. The smallest absolute Gasteiger partial charge is 0.303 e. The van der Waals surface area contributed by atoms with Crippen molar-refractivity contribution in [2.45, 2.75) is 79.1 Å². The largest absolute Gasteiger partial charge is 0.481 e. The Bertz CT molecular complexity index is 2210. The van der Waals surface area contributed by atoms with E-state index in [0.717, 1.165) is 77.6 Å². The van der Waals surface area contributed by atoms with Gasteiger partial charge in [0.1, 0.15) is 0 Å². The number of aromatic nitrogens is 4. The Morgan fingerprint density at radius 1 is 0.417 bits per heavy atom. The first kappa shape index (κ1) is 33.8. The summed E-state index contributed by atoms with van der Waals surface area (Å²) in [7, 11) is 0. The zero-order valence-electron chi connectivity index (χ0n) is 27.4. The third-order valence-electron chi connectivity index (χ3n) is 9.31. The molecule has 1 aliphatic heterocycles. The van der Waals surface area contributed by atoms with Gasteiger partial charge in [-0.2, -0.15) is 0 Å². The first-order valence-corrected chi connectivity index (χ1v) is 15.8. The van der Waals surface area contributed by atoms with Crippen molar-refractivity contribution in [3.8, 4) is 0 Å². The Hall–Kier alpha value is -5.52. The Morgan fingerprint density at radius 3 is 1.06 bits per heavy atom. The zero-order valence-corrected chi connectivity index (χ0v) is 27.4. The Kier molecular flexibility index (Phi) is 9.64. The van der Waals surface area contributed by atoms with Crippen molar-refractivity contribution in [1.29, 1.82) is 0 Å². The number of aromatic amines is 4. The van der Waals surface area contributed by atoms with Crippen molar-refractivity contribution in [1.82, 2.24) is 19.9 Å². The lowest BCUT2D eigenvalue weighted by atomic mass is 10.0. The summed E-state index contributed by atoms with van der Waals surface area (Å²) in [6, 6.07) is 0. The molecule has 5 rings (SSSR count). The van der Waals surface area contributed by atoms with Gasteiger partial charge in [0.25, 0.3) is 0 Å². The van der Waals surface area contributed by atoms with E-state index in [0.29, 0.717) is 11.0 Å². The van der Waals surface area contributed by atoms with Gasteiger partial charge in [0, 0.05) is 69.9 Å². The van der Waals surface area contributed by atoms with Gasteiger partial charge < -0.3 is 40.4 Å². The molecular weight excluding hydrogens is 616 g/mol. The minimum atomic E-state index is -0.935. The third-order valence-corrected chi connectivity index (χ3v) is 9.31. The van der Waals surface area contributed by atoms with Crippen LogP contribution in [0.15, 0.2) is 0 Å². The maximum Gasteiger partial charge on any atom is 0.303 e. The topological polar surface area (TPSA) is 212 Å². The molecule has 4 aromatic rings. The van der Waals surface area contributed by atoms with E-state index in [1.165, 1.54) is 0 Å². The van der Waals surface area contributed by atoms with Gasteiger partial charge in [-0.15, -0.1) is 0 Å². The number of aliphatic carboxylic acids is 4. The van der Waals surface area contributed by atoms with Gasteiger partial charge in [0.15, 0.2) is 0 Å². The predicted molar refractivity (Wildman–Crippen MR) is 179 cm³/mol. The van der Waals surface area contributed by atoms with E-state index < -0.39 is 23.9 Å². The van der Waals surface area contributed by atoms with E-state index >= 15 is 0 Å². The summed E-state index contributed by atoms with van der Waals surface area (Å²) in [4.78, 5) is 60.3. The van der Waals surface area contributed by atoms with Gasteiger partial charge >= 0.3 is 23.9 Å². The number of rotatable bonds is 12. The maximum atomic E-state index is 11.6. The first-order valence-electron chi connectivity index (χ1n) is 15.8. The second-order valence-corrected chi connectivity index (χ2v) is 12.4. The predicted octanol–water partition coefficient (Wildman–Crippen LogP) is 1.93. The lowest BCUT2D eigenvalue weighted by Gasteiger charge is -2.02. The second-order valence-electron chi connectivity index (χ2n) is 12.4. The number of carboxylic acid groups (broad SMARTS) is 4. The highest BCUT2D eigenvalue weighted by Gasteiger charge is 2.19. The molecule has 1 aliphatic rings. The number of hydrogen-bond donors (Lipinski definition) is 8. The molecule has 12 nitrogen and oxygen atoms in total. The zero-order chi connectivity index (χ0) is 34.9. The molecule has 8 N–H and O–H groups in total. The monoisotopic (exact) mass is 656 g/mol. The minimum absolute atomic E-state index is 0.0705. The van der Waals surface area contributed by atoms with E-state index in [2.05, 4.69) is 19.9 Å². The Morgan fingerprint density at radius 2 is 0.708 bits per heavy atom. The molecule has 0 radical (unpaired) electrons. The molecule has 0 aromatic carbocycles. The highest BCUT2D eigenvalue weighted by molar-refractivity contribution is 5.71. The van der Waals surface area contributed by atoms with Gasteiger partial charge in [0.05, 0.1) is 0 Å². The number of H-pyrrole nitrogens is 4. The Balaban J connectivity index is 1.90. The van der Waals surface area contributed by atoms with Gasteiger partial charge in [-0.05, 0) is 122 Å². The third kappa shape index (κ3) is 7.07. The molecule has 8 bridgehead atoms. The SMILES string of the molecule is Cc1c2[nH]c(c1CCC(=O)O)C=c1[nH]c(c(CCC(=O)O)c1C)=Cc1[nH]c(c(C)c1CCC(=O)O)C=c1[nH]c(c(C)c1CCC(=O)O)=C2. The molecule has 0 saturated carbocycles. The second kappa shape index (κ2) is 13.7. The van der Waals surface area contributed by atoms with Crippen LogP contribution < -0.4 is 21.4 Å². The van der Waals surface area contributed by atoms with Gasteiger partial charge in [-0.3, -0.25) is 19.2 Å². The van der Waals surface area contributed by atoms with Gasteiger partial charge in [-0.1, -0.05) is 0 Å². The fraction of sp³-hybridized carbons (Fsp3) is 0.333. The highest BCUT2D eigenvalue weighted by Crippen LogP contribution is 2.24. The normalized spacial score (nSPS) is 12.1. The molecule has 0 saturated heterocycles. The van der Waals surface area contributed by atoms with Crippen molar-refractivity contribution in [3.63, 3.8) is 0 Å². The van der Waals surface area contributed by atoms with Crippen LogP contribution in [0.2, 0.25) is 0 Å². The molecule has 0 amide bonds. The van der Waals surface area contributed by atoms with Crippen LogP contribution in [0.1, 0.15) is 93.0 Å². The van der Waals surface area contributed by atoms with Crippen molar-refractivity contribution in [3.05, 3.63) is 88.7 Å². The van der Waals surface area contributed by atoms with Crippen molar-refractivity contribution >= 4 is 48.2 Å². The number of carboxylic acids is 4. The number of carbonyl (C=O) groups is 4. The lowest BCUT2D eigenvalue weighted by Crippen LogP contribution is -2.14. The van der Waals surface area contributed by atoms with E-state index in [9.17, 15) is 39.6 Å².